The van der Waals surface area contributed by atoms with Crippen molar-refractivity contribution in [3.8, 4) is 0 Å². The summed E-state index contributed by atoms with van der Waals surface area (Å²) in [5, 5.41) is 0. The number of hydrogen-bond donors (Lipinski definition) is 0. The number of carbonyl (C=O) groups is 2. The Labute approximate surface area is 185 Å². The standard InChI is InChI=1S/C25H36N2O4/c1-2-31-24(29)25-12-10-22(26-14-16-30-17-15-26)18-21(25)11-13-27(19-25)23(28)9-8-20-6-4-3-5-7-20/h3-7,21-22H,2,8-19H2,1H3/t21-,22?,25-/m1/s1. The van der Waals surface area contributed by atoms with Crippen LogP contribution in [0.4, 0.5) is 0 Å². The number of morpholine rings is 1. The van der Waals surface area contributed by atoms with Crippen LogP contribution in [0.5, 0.6) is 0 Å². The van der Waals surface area contributed by atoms with Gasteiger partial charge in [0.25, 0.3) is 0 Å². The molecule has 1 saturated carbocycles. The summed E-state index contributed by atoms with van der Waals surface area (Å²) >= 11 is 0. The monoisotopic (exact) mass is 428 g/mol. The zero-order valence-corrected chi connectivity index (χ0v) is 18.8. The Morgan fingerprint density at radius 2 is 1.90 bits per heavy atom. The average molecular weight is 429 g/mol. The highest BCUT2D eigenvalue weighted by Crippen LogP contribution is 2.48. The topological polar surface area (TPSA) is 59.1 Å². The molecule has 0 bridgehead atoms. The molecule has 2 heterocycles. The van der Waals surface area contributed by atoms with Crippen molar-refractivity contribution in [2.75, 3.05) is 46.0 Å². The van der Waals surface area contributed by atoms with Gasteiger partial charge in [0.15, 0.2) is 0 Å². The Kier molecular flexibility index (Phi) is 7.28. The number of ether oxygens (including phenoxy) is 2. The molecule has 3 fully saturated rings. The predicted molar refractivity (Wildman–Crippen MR) is 119 cm³/mol. The van der Waals surface area contributed by atoms with E-state index in [0.29, 0.717) is 25.6 Å². The molecule has 6 nitrogen and oxygen atoms in total. The first-order valence-corrected chi connectivity index (χ1v) is 11.9. The molecule has 6 heteroatoms. The molecule has 1 amide bonds. The number of rotatable bonds is 6. The summed E-state index contributed by atoms with van der Waals surface area (Å²) in [5.41, 5.74) is 0.635. The Balaban J connectivity index is 1.43. The normalized spacial score (nSPS) is 29.3. The fourth-order valence-corrected chi connectivity index (χ4v) is 5.78. The van der Waals surface area contributed by atoms with Crippen LogP contribution >= 0.6 is 0 Å². The summed E-state index contributed by atoms with van der Waals surface area (Å²) in [6.45, 7) is 7.08. The molecule has 3 atom stereocenters. The summed E-state index contributed by atoms with van der Waals surface area (Å²) in [4.78, 5) is 30.7. The maximum atomic E-state index is 13.2. The first-order chi connectivity index (χ1) is 15.1. The fourth-order valence-electron chi connectivity index (χ4n) is 5.78. The minimum absolute atomic E-state index is 0.0963. The second kappa shape index (κ2) is 10.1. The van der Waals surface area contributed by atoms with Crippen molar-refractivity contribution in [3.63, 3.8) is 0 Å². The summed E-state index contributed by atoms with van der Waals surface area (Å²) in [5.74, 6) is 0.341. The van der Waals surface area contributed by atoms with Gasteiger partial charge in [-0.2, -0.15) is 0 Å². The van der Waals surface area contributed by atoms with Crippen molar-refractivity contribution in [1.29, 1.82) is 0 Å². The number of hydrogen-bond acceptors (Lipinski definition) is 5. The van der Waals surface area contributed by atoms with Crippen molar-refractivity contribution in [2.45, 2.75) is 51.5 Å². The van der Waals surface area contributed by atoms with Crippen LogP contribution in [-0.2, 0) is 25.5 Å². The third-order valence-corrected chi connectivity index (χ3v) is 7.55. The van der Waals surface area contributed by atoms with E-state index in [1.54, 1.807) is 0 Å². The fraction of sp³-hybridized carbons (Fsp3) is 0.680. The first kappa shape index (κ1) is 22.3. The van der Waals surface area contributed by atoms with Crippen LogP contribution in [-0.4, -0.2) is 73.7 Å². The molecule has 1 unspecified atom stereocenters. The number of fused-ring (bicyclic) bond motifs is 1. The molecule has 3 aliphatic rings. The second-order valence-corrected chi connectivity index (χ2v) is 9.24. The van der Waals surface area contributed by atoms with Gasteiger partial charge in [-0.3, -0.25) is 14.5 Å². The van der Waals surface area contributed by atoms with Crippen LogP contribution in [0, 0.1) is 11.3 Å². The smallest absolute Gasteiger partial charge is 0.314 e. The van der Waals surface area contributed by atoms with Crippen molar-refractivity contribution in [1.82, 2.24) is 9.80 Å². The predicted octanol–water partition coefficient (Wildman–Crippen LogP) is 2.90. The van der Waals surface area contributed by atoms with Crippen LogP contribution in [0.3, 0.4) is 0 Å². The van der Waals surface area contributed by atoms with Crippen molar-refractivity contribution < 1.29 is 19.1 Å². The zero-order valence-electron chi connectivity index (χ0n) is 18.8. The summed E-state index contributed by atoms with van der Waals surface area (Å²) in [7, 11) is 0. The van der Waals surface area contributed by atoms with Gasteiger partial charge < -0.3 is 14.4 Å². The third kappa shape index (κ3) is 4.96. The van der Waals surface area contributed by atoms with E-state index in [9.17, 15) is 9.59 Å². The maximum Gasteiger partial charge on any atom is 0.314 e. The number of carbonyl (C=O) groups excluding carboxylic acids is 2. The van der Waals surface area contributed by atoms with Gasteiger partial charge in [-0.05, 0) is 50.5 Å². The summed E-state index contributed by atoms with van der Waals surface area (Å²) in [6, 6.07) is 10.6. The van der Waals surface area contributed by atoms with Gasteiger partial charge in [-0.1, -0.05) is 30.3 Å². The highest BCUT2D eigenvalue weighted by molar-refractivity contribution is 5.81. The average Bonchev–Trinajstić information content (AvgIpc) is 2.83. The molecule has 1 aromatic rings. The van der Waals surface area contributed by atoms with Gasteiger partial charge in [-0.25, -0.2) is 0 Å². The second-order valence-electron chi connectivity index (χ2n) is 9.24. The highest BCUT2D eigenvalue weighted by Gasteiger charge is 2.54. The van der Waals surface area contributed by atoms with Crippen LogP contribution in [0.2, 0.25) is 0 Å². The summed E-state index contributed by atoms with van der Waals surface area (Å²) in [6.07, 6.45) is 4.93. The van der Waals surface area contributed by atoms with E-state index >= 15 is 0 Å². The molecule has 0 N–H and O–H groups in total. The molecule has 0 aromatic heterocycles. The number of amides is 1. The largest absolute Gasteiger partial charge is 0.466 e. The lowest BCUT2D eigenvalue weighted by Gasteiger charge is -2.52. The van der Waals surface area contributed by atoms with E-state index in [-0.39, 0.29) is 17.8 Å². The van der Waals surface area contributed by atoms with Crippen molar-refractivity contribution >= 4 is 11.9 Å². The van der Waals surface area contributed by atoms with E-state index in [2.05, 4.69) is 17.0 Å². The Bertz CT molecular complexity index is 749. The van der Waals surface area contributed by atoms with Crippen molar-refractivity contribution in [2.24, 2.45) is 11.3 Å². The molecule has 0 radical (unpaired) electrons. The lowest BCUT2D eigenvalue weighted by Crippen LogP contribution is -2.59. The lowest BCUT2D eigenvalue weighted by molar-refractivity contribution is -0.171. The molecule has 1 aromatic carbocycles. The Morgan fingerprint density at radius 3 is 2.65 bits per heavy atom. The number of piperidine rings is 1. The molecule has 170 valence electrons. The van der Waals surface area contributed by atoms with Crippen LogP contribution in [0.15, 0.2) is 30.3 Å². The molecule has 2 aliphatic heterocycles. The van der Waals surface area contributed by atoms with Gasteiger partial charge in [0, 0.05) is 38.6 Å². The third-order valence-electron chi connectivity index (χ3n) is 7.55. The van der Waals surface area contributed by atoms with Crippen LogP contribution in [0.1, 0.15) is 44.6 Å². The van der Waals surface area contributed by atoms with Gasteiger partial charge in [0.05, 0.1) is 25.2 Å². The Morgan fingerprint density at radius 1 is 1.13 bits per heavy atom. The van der Waals surface area contributed by atoms with E-state index < -0.39 is 5.41 Å². The number of likely N-dealkylation sites (tertiary alicyclic amines) is 1. The van der Waals surface area contributed by atoms with Gasteiger partial charge >= 0.3 is 5.97 Å². The maximum absolute atomic E-state index is 13.2. The SMILES string of the molecule is CCOC(=O)[C@@]12CCC(N3CCOCC3)C[C@H]1CCN(C(=O)CCc1ccccc1)C2. The number of nitrogens with zero attached hydrogens (tertiary/aromatic N) is 2. The lowest BCUT2D eigenvalue weighted by atomic mass is 9.61. The highest BCUT2D eigenvalue weighted by atomic mass is 16.5. The van der Waals surface area contributed by atoms with Crippen LogP contribution in [0.25, 0.3) is 0 Å². The Hall–Kier alpha value is -1.92. The number of aryl methyl sites for hydroxylation is 1. The molecular weight excluding hydrogens is 392 g/mol. The number of esters is 1. The minimum atomic E-state index is -0.542. The van der Waals surface area contributed by atoms with E-state index in [0.717, 1.165) is 65.0 Å². The molecule has 2 saturated heterocycles. The molecule has 1 aliphatic carbocycles. The van der Waals surface area contributed by atoms with Gasteiger partial charge in [0.1, 0.15) is 0 Å². The minimum Gasteiger partial charge on any atom is -0.466 e. The van der Waals surface area contributed by atoms with E-state index in [4.69, 9.17) is 9.47 Å². The van der Waals surface area contributed by atoms with Crippen LogP contribution < -0.4 is 0 Å². The van der Waals surface area contributed by atoms with Gasteiger partial charge in [0.2, 0.25) is 5.91 Å². The number of benzene rings is 1. The van der Waals surface area contributed by atoms with Crippen molar-refractivity contribution in [3.05, 3.63) is 35.9 Å². The van der Waals surface area contributed by atoms with E-state index in [1.807, 2.05) is 30.0 Å². The first-order valence-electron chi connectivity index (χ1n) is 11.9. The molecule has 0 spiro atoms. The molecular formula is C25H36N2O4. The molecule has 4 rings (SSSR count). The quantitative estimate of drug-likeness (QED) is 0.652. The summed E-state index contributed by atoms with van der Waals surface area (Å²) < 4.78 is 11.1. The zero-order chi connectivity index (χ0) is 21.7. The van der Waals surface area contributed by atoms with E-state index in [1.165, 1.54) is 5.56 Å². The van der Waals surface area contributed by atoms with Gasteiger partial charge in [-0.15, -0.1) is 0 Å². The molecule has 31 heavy (non-hydrogen) atoms.